The standard InChI is InChI=1S/C18H17N3O2S/c22-18(23)12-4-3-8-21(10-12)17-14-5-1-2-6-15(14)19-16(20-17)13-7-9-24-11-13/h1-2,5-7,9,11-12H,3-4,8,10H2,(H,22,23)/t12-/m1/s1. The average Bonchev–Trinajstić information content (AvgIpc) is 3.15. The molecule has 0 spiro atoms. The van der Waals surface area contributed by atoms with E-state index in [4.69, 9.17) is 4.98 Å². The molecular weight excluding hydrogens is 322 g/mol. The van der Waals surface area contributed by atoms with Crippen molar-refractivity contribution in [3.63, 3.8) is 0 Å². The third-order valence-electron chi connectivity index (χ3n) is 4.43. The second kappa shape index (κ2) is 6.20. The van der Waals surface area contributed by atoms with Gasteiger partial charge in [-0.2, -0.15) is 11.3 Å². The lowest BCUT2D eigenvalue weighted by molar-refractivity contribution is -0.141. The van der Waals surface area contributed by atoms with Crippen molar-refractivity contribution in [2.45, 2.75) is 12.8 Å². The van der Waals surface area contributed by atoms with Crippen molar-refractivity contribution < 1.29 is 9.90 Å². The van der Waals surface area contributed by atoms with Gasteiger partial charge >= 0.3 is 5.97 Å². The molecule has 24 heavy (non-hydrogen) atoms. The highest BCUT2D eigenvalue weighted by atomic mass is 32.1. The number of rotatable bonds is 3. The topological polar surface area (TPSA) is 66.3 Å². The number of thiophene rings is 1. The monoisotopic (exact) mass is 339 g/mol. The summed E-state index contributed by atoms with van der Waals surface area (Å²) in [6.07, 6.45) is 1.59. The molecule has 0 radical (unpaired) electrons. The molecule has 1 aliphatic rings. The molecule has 1 N–H and O–H groups in total. The Morgan fingerprint density at radius 2 is 2.12 bits per heavy atom. The first-order valence-electron chi connectivity index (χ1n) is 7.99. The molecule has 2 aromatic heterocycles. The molecule has 6 heteroatoms. The third kappa shape index (κ3) is 2.73. The summed E-state index contributed by atoms with van der Waals surface area (Å²) in [7, 11) is 0. The Morgan fingerprint density at radius 1 is 1.25 bits per heavy atom. The van der Waals surface area contributed by atoms with Gasteiger partial charge in [0.1, 0.15) is 5.82 Å². The highest BCUT2D eigenvalue weighted by molar-refractivity contribution is 7.08. The molecule has 5 nitrogen and oxygen atoms in total. The van der Waals surface area contributed by atoms with Crippen LogP contribution in [0.3, 0.4) is 0 Å². The number of carboxylic acids is 1. The minimum absolute atomic E-state index is 0.336. The van der Waals surface area contributed by atoms with Crippen molar-refractivity contribution in [2.24, 2.45) is 5.92 Å². The van der Waals surface area contributed by atoms with Crippen LogP contribution >= 0.6 is 11.3 Å². The number of hydrogen-bond acceptors (Lipinski definition) is 5. The molecule has 1 fully saturated rings. The van der Waals surface area contributed by atoms with Crippen molar-refractivity contribution in [1.82, 2.24) is 9.97 Å². The maximum Gasteiger partial charge on any atom is 0.308 e. The lowest BCUT2D eigenvalue weighted by Gasteiger charge is -2.32. The molecule has 0 saturated carbocycles. The van der Waals surface area contributed by atoms with Gasteiger partial charge in [0.25, 0.3) is 0 Å². The van der Waals surface area contributed by atoms with Gasteiger partial charge in [-0.3, -0.25) is 4.79 Å². The summed E-state index contributed by atoms with van der Waals surface area (Å²) < 4.78 is 0. The highest BCUT2D eigenvalue weighted by Gasteiger charge is 2.27. The number of aliphatic carboxylic acids is 1. The number of aromatic nitrogens is 2. The quantitative estimate of drug-likeness (QED) is 0.789. The number of fused-ring (bicyclic) bond motifs is 1. The number of anilines is 1. The van der Waals surface area contributed by atoms with Gasteiger partial charge < -0.3 is 10.0 Å². The Bertz CT molecular complexity index is 879. The summed E-state index contributed by atoms with van der Waals surface area (Å²) in [5.74, 6) is 0.475. The Kier molecular flexibility index (Phi) is 3.90. The first-order valence-corrected chi connectivity index (χ1v) is 8.94. The second-order valence-corrected chi connectivity index (χ2v) is 6.80. The molecule has 1 atom stereocenters. The molecular formula is C18H17N3O2S. The minimum Gasteiger partial charge on any atom is -0.481 e. The summed E-state index contributed by atoms with van der Waals surface area (Å²) in [6.45, 7) is 1.33. The average molecular weight is 339 g/mol. The van der Waals surface area contributed by atoms with Crippen LogP contribution in [0.1, 0.15) is 12.8 Å². The fourth-order valence-electron chi connectivity index (χ4n) is 3.19. The lowest BCUT2D eigenvalue weighted by Crippen LogP contribution is -2.39. The van der Waals surface area contributed by atoms with E-state index < -0.39 is 5.97 Å². The molecule has 0 bridgehead atoms. The van der Waals surface area contributed by atoms with Crippen LogP contribution in [0.5, 0.6) is 0 Å². The Labute approximate surface area is 143 Å². The first kappa shape index (κ1) is 15.1. The molecule has 122 valence electrons. The summed E-state index contributed by atoms with van der Waals surface area (Å²) in [5, 5.41) is 14.4. The fraction of sp³-hybridized carbons (Fsp3) is 0.278. The van der Waals surface area contributed by atoms with Gasteiger partial charge in [0, 0.05) is 29.4 Å². The normalized spacial score (nSPS) is 18.0. The van der Waals surface area contributed by atoms with Crippen LogP contribution in [-0.4, -0.2) is 34.1 Å². The summed E-state index contributed by atoms with van der Waals surface area (Å²) in [5.41, 5.74) is 1.89. The molecule has 4 rings (SSSR count). The summed E-state index contributed by atoms with van der Waals surface area (Å²) >= 11 is 1.61. The molecule has 0 unspecified atom stereocenters. The van der Waals surface area contributed by atoms with E-state index in [0.29, 0.717) is 12.4 Å². The Morgan fingerprint density at radius 3 is 2.92 bits per heavy atom. The van der Waals surface area contributed by atoms with E-state index in [-0.39, 0.29) is 5.92 Å². The number of nitrogens with zero attached hydrogens (tertiary/aromatic N) is 3. The smallest absolute Gasteiger partial charge is 0.308 e. The number of carboxylic acid groups (broad SMARTS) is 1. The minimum atomic E-state index is -0.726. The van der Waals surface area contributed by atoms with E-state index in [2.05, 4.69) is 9.88 Å². The van der Waals surface area contributed by atoms with Crippen LogP contribution < -0.4 is 4.90 Å². The first-order chi connectivity index (χ1) is 11.7. The van der Waals surface area contributed by atoms with Crippen LogP contribution in [0, 0.1) is 5.92 Å². The van der Waals surface area contributed by atoms with Crippen molar-refractivity contribution in [3.05, 3.63) is 41.1 Å². The van der Waals surface area contributed by atoms with E-state index in [9.17, 15) is 9.90 Å². The summed E-state index contributed by atoms with van der Waals surface area (Å²) in [6, 6.07) is 9.93. The largest absolute Gasteiger partial charge is 0.481 e. The van der Waals surface area contributed by atoms with Gasteiger partial charge in [0.2, 0.25) is 0 Å². The van der Waals surface area contributed by atoms with Gasteiger partial charge in [-0.15, -0.1) is 0 Å². The van der Waals surface area contributed by atoms with Crippen molar-refractivity contribution in [3.8, 4) is 11.4 Å². The number of piperidine rings is 1. The predicted octanol–water partition coefficient (Wildman–Crippen LogP) is 3.66. The van der Waals surface area contributed by atoms with Crippen molar-refractivity contribution >= 4 is 34.0 Å². The van der Waals surface area contributed by atoms with Gasteiger partial charge in [-0.25, -0.2) is 9.97 Å². The second-order valence-electron chi connectivity index (χ2n) is 6.02. The predicted molar refractivity (Wildman–Crippen MR) is 95.4 cm³/mol. The van der Waals surface area contributed by atoms with Crippen LogP contribution in [-0.2, 0) is 4.79 Å². The zero-order chi connectivity index (χ0) is 16.5. The molecule has 1 saturated heterocycles. The molecule has 0 amide bonds. The van der Waals surface area contributed by atoms with E-state index in [1.54, 1.807) is 11.3 Å². The summed E-state index contributed by atoms with van der Waals surface area (Å²) in [4.78, 5) is 23.0. The maximum absolute atomic E-state index is 11.4. The van der Waals surface area contributed by atoms with E-state index in [1.165, 1.54) is 0 Å². The maximum atomic E-state index is 11.4. The van der Waals surface area contributed by atoms with E-state index in [1.807, 2.05) is 41.1 Å². The number of para-hydroxylation sites is 1. The van der Waals surface area contributed by atoms with Gasteiger partial charge in [-0.1, -0.05) is 12.1 Å². The van der Waals surface area contributed by atoms with E-state index in [0.717, 1.165) is 41.7 Å². The van der Waals surface area contributed by atoms with Gasteiger partial charge in [0.05, 0.1) is 11.4 Å². The zero-order valence-corrected chi connectivity index (χ0v) is 13.9. The van der Waals surface area contributed by atoms with Crippen LogP contribution in [0.2, 0.25) is 0 Å². The number of hydrogen-bond donors (Lipinski definition) is 1. The van der Waals surface area contributed by atoms with Gasteiger partial charge in [-0.05, 0) is 36.4 Å². The van der Waals surface area contributed by atoms with Crippen molar-refractivity contribution in [1.29, 1.82) is 0 Å². The molecule has 0 aliphatic carbocycles. The van der Waals surface area contributed by atoms with Gasteiger partial charge in [0.15, 0.2) is 5.82 Å². The third-order valence-corrected chi connectivity index (χ3v) is 5.12. The molecule has 3 heterocycles. The molecule has 1 aromatic carbocycles. The Balaban J connectivity index is 1.82. The van der Waals surface area contributed by atoms with Crippen molar-refractivity contribution in [2.75, 3.05) is 18.0 Å². The van der Waals surface area contributed by atoms with E-state index >= 15 is 0 Å². The molecule has 3 aromatic rings. The fourth-order valence-corrected chi connectivity index (χ4v) is 3.83. The SMILES string of the molecule is O=C(O)[C@@H]1CCCN(c2nc(-c3ccsc3)nc3ccccc23)C1. The number of benzene rings is 1. The highest BCUT2D eigenvalue weighted by Crippen LogP contribution is 2.31. The molecule has 1 aliphatic heterocycles. The van der Waals surface area contributed by atoms with Crippen LogP contribution in [0.15, 0.2) is 41.1 Å². The van der Waals surface area contributed by atoms with Crippen LogP contribution in [0.25, 0.3) is 22.3 Å². The lowest BCUT2D eigenvalue weighted by atomic mass is 9.98. The Hall–Kier alpha value is -2.47. The number of carbonyl (C=O) groups is 1. The zero-order valence-electron chi connectivity index (χ0n) is 13.1. The van der Waals surface area contributed by atoms with Crippen LogP contribution in [0.4, 0.5) is 5.82 Å².